The summed E-state index contributed by atoms with van der Waals surface area (Å²) >= 11 is 0. The zero-order valence-electron chi connectivity index (χ0n) is 17.9. The van der Waals surface area contributed by atoms with Crippen LogP contribution in [0.15, 0.2) is 107 Å². The molecule has 0 amide bonds. The average Bonchev–Trinajstić information content (AvgIpc) is 2.83. The molecule has 0 aliphatic carbocycles. The molecule has 0 unspecified atom stereocenters. The molecule has 5 heteroatoms. The molecule has 5 aromatic carbocycles. The third-order valence-electron chi connectivity index (χ3n) is 5.44. The molecule has 33 heavy (non-hydrogen) atoms. The molecule has 2 N–H and O–H groups in total. The maximum absolute atomic E-state index is 10.4. The van der Waals surface area contributed by atoms with E-state index in [0.717, 1.165) is 21.5 Å². The van der Waals surface area contributed by atoms with Crippen molar-refractivity contribution in [3.8, 4) is 11.5 Å². The van der Waals surface area contributed by atoms with E-state index >= 15 is 0 Å². The Balaban J connectivity index is 0.00000259. The minimum Gasteiger partial charge on any atom is -0.507 e. The van der Waals surface area contributed by atoms with Crippen LogP contribution in [0.3, 0.4) is 0 Å². The maximum Gasteiger partial charge on any atom is 0.124 e. The molecule has 4 nitrogen and oxygen atoms in total. The van der Waals surface area contributed by atoms with Gasteiger partial charge in [0.25, 0.3) is 0 Å². The summed E-state index contributed by atoms with van der Waals surface area (Å²) in [6.45, 7) is 0. The van der Waals surface area contributed by atoms with Crippen LogP contribution in [0, 0.1) is 0 Å². The van der Waals surface area contributed by atoms with Gasteiger partial charge in [-0.2, -0.15) is 0 Å². The predicted molar refractivity (Wildman–Crippen MR) is 132 cm³/mol. The Morgan fingerprint density at radius 2 is 0.879 bits per heavy atom. The van der Waals surface area contributed by atoms with Crippen LogP contribution in [0.2, 0.25) is 0 Å². The van der Waals surface area contributed by atoms with Gasteiger partial charge in [-0.25, -0.2) is 0 Å². The minimum atomic E-state index is 0. The first kappa shape index (κ1) is 22.4. The molecule has 0 fully saturated rings. The predicted octanol–water partition coefficient (Wildman–Crippen LogP) is 6.90. The van der Waals surface area contributed by atoms with E-state index in [4.69, 9.17) is 0 Å². The number of aromatic hydroxyl groups is 2. The van der Waals surface area contributed by atoms with E-state index in [9.17, 15) is 10.2 Å². The summed E-state index contributed by atoms with van der Waals surface area (Å²) in [5.74, 6) is 0.350. The molecule has 0 heterocycles. The van der Waals surface area contributed by atoms with E-state index in [-0.39, 0.29) is 31.0 Å². The molecule has 0 bridgehead atoms. The van der Waals surface area contributed by atoms with Crippen molar-refractivity contribution in [3.05, 3.63) is 108 Å². The van der Waals surface area contributed by atoms with Crippen molar-refractivity contribution < 1.29 is 29.7 Å². The number of phenols is 2. The summed E-state index contributed by atoms with van der Waals surface area (Å²) in [6, 6.07) is 30.4. The van der Waals surface area contributed by atoms with Crippen LogP contribution in [-0.4, -0.2) is 22.6 Å². The maximum atomic E-state index is 10.4. The molecular formula is C28H20N2O2Zn. The van der Waals surface area contributed by atoms with E-state index in [0.29, 0.717) is 22.5 Å². The third-order valence-corrected chi connectivity index (χ3v) is 5.44. The Hall–Kier alpha value is -3.82. The van der Waals surface area contributed by atoms with Crippen LogP contribution >= 0.6 is 0 Å². The van der Waals surface area contributed by atoms with Crippen LogP contribution < -0.4 is 0 Å². The number of aliphatic imine (C=N–C) groups is 2. The third kappa shape index (κ3) is 4.55. The van der Waals surface area contributed by atoms with E-state index in [1.54, 1.807) is 24.6 Å². The molecule has 0 radical (unpaired) electrons. The summed E-state index contributed by atoms with van der Waals surface area (Å²) in [5.41, 5.74) is 2.65. The van der Waals surface area contributed by atoms with Gasteiger partial charge >= 0.3 is 0 Å². The normalized spacial score (nSPS) is 11.4. The van der Waals surface area contributed by atoms with Crippen molar-refractivity contribution in [3.63, 3.8) is 0 Å². The smallest absolute Gasteiger partial charge is 0.124 e. The molecular weight excluding hydrogens is 462 g/mol. The monoisotopic (exact) mass is 480 g/mol. The fraction of sp³-hybridized carbons (Fsp3) is 0. The molecule has 0 saturated heterocycles. The van der Waals surface area contributed by atoms with Crippen molar-refractivity contribution in [2.75, 3.05) is 0 Å². The summed E-state index contributed by atoms with van der Waals surface area (Å²) in [7, 11) is 0. The van der Waals surface area contributed by atoms with Crippen LogP contribution in [0.1, 0.15) is 11.1 Å². The average molecular weight is 482 g/mol. The number of rotatable bonds is 4. The largest absolute Gasteiger partial charge is 0.507 e. The Morgan fingerprint density at radius 1 is 0.485 bits per heavy atom. The quantitative estimate of drug-likeness (QED) is 0.216. The fourth-order valence-electron chi connectivity index (χ4n) is 3.79. The van der Waals surface area contributed by atoms with Gasteiger partial charge in [0.05, 0.1) is 11.4 Å². The number of nitrogens with zero attached hydrogens (tertiary/aromatic N) is 2. The van der Waals surface area contributed by atoms with Crippen molar-refractivity contribution >= 4 is 45.3 Å². The first-order valence-electron chi connectivity index (χ1n) is 10.3. The molecule has 5 aromatic rings. The van der Waals surface area contributed by atoms with Gasteiger partial charge in [0.2, 0.25) is 0 Å². The summed E-state index contributed by atoms with van der Waals surface area (Å²) in [5, 5.41) is 24.7. The van der Waals surface area contributed by atoms with E-state index in [1.165, 1.54) is 0 Å². The molecule has 0 aliphatic rings. The standard InChI is InChI=1S/C28H20N2O2.Zn/c31-27-15-13-19-7-1-3-9-21(19)23(27)17-29-25-11-5-6-12-26(25)30-18-24-22-10-4-2-8-20(22)14-16-28(24)32;/h1-18,31-32H;. The fourth-order valence-corrected chi connectivity index (χ4v) is 3.79. The molecule has 0 saturated carbocycles. The molecule has 156 valence electrons. The zero-order valence-corrected chi connectivity index (χ0v) is 20.9. The van der Waals surface area contributed by atoms with Gasteiger partial charge in [-0.05, 0) is 45.8 Å². The number of fused-ring (bicyclic) bond motifs is 2. The Kier molecular flexibility index (Phi) is 6.62. The van der Waals surface area contributed by atoms with Gasteiger partial charge in [0.1, 0.15) is 11.5 Å². The Bertz CT molecular complexity index is 1390. The Labute approximate surface area is 204 Å². The number of hydrogen-bond donors (Lipinski definition) is 2. The summed E-state index contributed by atoms with van der Waals surface area (Å²) in [4.78, 5) is 9.25. The topological polar surface area (TPSA) is 65.2 Å². The first-order valence-corrected chi connectivity index (χ1v) is 10.3. The van der Waals surface area contributed by atoms with Gasteiger partial charge in [-0.1, -0.05) is 72.8 Å². The Morgan fingerprint density at radius 3 is 1.33 bits per heavy atom. The minimum absolute atomic E-state index is 0. The van der Waals surface area contributed by atoms with Gasteiger partial charge in [0.15, 0.2) is 0 Å². The number of benzene rings is 5. The molecule has 0 spiro atoms. The van der Waals surface area contributed by atoms with Crippen molar-refractivity contribution in [2.24, 2.45) is 9.98 Å². The number of para-hydroxylation sites is 2. The van der Waals surface area contributed by atoms with Crippen LogP contribution in [0.4, 0.5) is 11.4 Å². The second kappa shape index (κ2) is 9.76. The second-order valence-electron chi connectivity index (χ2n) is 7.44. The zero-order chi connectivity index (χ0) is 21.9. The van der Waals surface area contributed by atoms with E-state index in [1.807, 2.05) is 84.9 Å². The van der Waals surface area contributed by atoms with E-state index in [2.05, 4.69) is 9.98 Å². The summed E-state index contributed by atoms with van der Waals surface area (Å²) < 4.78 is 0. The molecule has 0 atom stereocenters. The van der Waals surface area contributed by atoms with Gasteiger partial charge in [-0.15, -0.1) is 0 Å². The van der Waals surface area contributed by atoms with E-state index < -0.39 is 0 Å². The molecule has 0 aliphatic heterocycles. The SMILES string of the molecule is Oc1ccc2ccccc2c1C=Nc1ccccc1N=Cc1c(O)ccc2ccccc12.[Zn]. The first-order chi connectivity index (χ1) is 15.7. The van der Waals surface area contributed by atoms with Gasteiger partial charge in [0, 0.05) is 43.0 Å². The number of phenolic OH excluding ortho intramolecular Hbond substituents is 2. The van der Waals surface area contributed by atoms with Crippen LogP contribution in [0.25, 0.3) is 21.5 Å². The molecule has 0 aromatic heterocycles. The van der Waals surface area contributed by atoms with Gasteiger partial charge < -0.3 is 10.2 Å². The van der Waals surface area contributed by atoms with Gasteiger partial charge in [-0.3, -0.25) is 9.98 Å². The van der Waals surface area contributed by atoms with Crippen LogP contribution in [0.5, 0.6) is 11.5 Å². The summed E-state index contributed by atoms with van der Waals surface area (Å²) in [6.07, 6.45) is 3.34. The molecule has 5 rings (SSSR count). The number of hydrogen-bond acceptors (Lipinski definition) is 4. The van der Waals surface area contributed by atoms with Crippen molar-refractivity contribution in [1.82, 2.24) is 0 Å². The second-order valence-corrected chi connectivity index (χ2v) is 7.44. The van der Waals surface area contributed by atoms with Crippen LogP contribution in [-0.2, 0) is 19.5 Å². The van der Waals surface area contributed by atoms with Crippen molar-refractivity contribution in [1.29, 1.82) is 0 Å². The van der Waals surface area contributed by atoms with Crippen molar-refractivity contribution in [2.45, 2.75) is 0 Å².